The number of nitrogens with zero attached hydrogens (tertiary/aromatic N) is 3. The molecule has 4 rings (SSSR count). The standard InChI is InChI=1S/C32H37N5O5S/c1-6-10-29(38)37(26-11-9-18-33-20-26)30(21(2)3)31(39)34-19-24-14-16-25(17-15-24)27-12-7-8-13-28(27)43(40,41)36-32-22(4)23(5)35-42-32/h7-9,11-18,20-21,30,36H,6,10,19H2,1-5H3,(H,34,39)/t30-/m0/s1. The van der Waals surface area contributed by atoms with Crippen molar-refractivity contribution in [2.24, 2.45) is 5.92 Å². The van der Waals surface area contributed by atoms with Crippen LogP contribution in [0.2, 0.25) is 0 Å². The van der Waals surface area contributed by atoms with Crippen LogP contribution in [0, 0.1) is 19.8 Å². The number of anilines is 2. The van der Waals surface area contributed by atoms with Crippen LogP contribution >= 0.6 is 0 Å². The fourth-order valence-corrected chi connectivity index (χ4v) is 6.01. The SMILES string of the molecule is CCCC(=O)N(c1cccnc1)[C@H](C(=O)NCc1ccc(-c2ccccc2S(=O)(=O)Nc2onc(C)c2C)cc1)C(C)C. The highest BCUT2D eigenvalue weighted by Gasteiger charge is 2.33. The third-order valence-corrected chi connectivity index (χ3v) is 8.52. The maximum atomic E-state index is 13.5. The number of benzene rings is 2. The Kier molecular flexibility index (Phi) is 9.97. The van der Waals surface area contributed by atoms with Crippen molar-refractivity contribution in [1.82, 2.24) is 15.5 Å². The lowest BCUT2D eigenvalue weighted by atomic mass is 9.99. The molecule has 0 aliphatic heterocycles. The molecule has 4 aromatic rings. The van der Waals surface area contributed by atoms with Crippen molar-refractivity contribution < 1.29 is 22.5 Å². The van der Waals surface area contributed by atoms with E-state index in [0.29, 0.717) is 40.9 Å². The summed E-state index contributed by atoms with van der Waals surface area (Å²) < 4.78 is 34.2. The van der Waals surface area contributed by atoms with Crippen LogP contribution in [0.1, 0.15) is 50.4 Å². The first-order valence-electron chi connectivity index (χ1n) is 14.2. The summed E-state index contributed by atoms with van der Waals surface area (Å²) in [6.07, 6.45) is 4.20. The zero-order valence-electron chi connectivity index (χ0n) is 25.0. The molecular weight excluding hydrogens is 566 g/mol. The van der Waals surface area contributed by atoms with Gasteiger partial charge in [-0.05, 0) is 55.5 Å². The molecule has 2 N–H and O–H groups in total. The van der Waals surface area contributed by atoms with Gasteiger partial charge in [-0.25, -0.2) is 13.1 Å². The van der Waals surface area contributed by atoms with Gasteiger partial charge in [-0.3, -0.25) is 19.5 Å². The normalized spacial score (nSPS) is 12.1. The molecule has 2 amide bonds. The van der Waals surface area contributed by atoms with E-state index in [9.17, 15) is 18.0 Å². The van der Waals surface area contributed by atoms with Crippen molar-refractivity contribution in [3.8, 4) is 11.1 Å². The number of pyridine rings is 1. The number of rotatable bonds is 12. The highest BCUT2D eigenvalue weighted by atomic mass is 32.2. The highest BCUT2D eigenvalue weighted by Crippen LogP contribution is 2.30. The van der Waals surface area contributed by atoms with Gasteiger partial charge in [0.1, 0.15) is 6.04 Å². The molecule has 0 bridgehead atoms. The van der Waals surface area contributed by atoms with Crippen LogP contribution < -0.4 is 14.9 Å². The summed E-state index contributed by atoms with van der Waals surface area (Å²) in [5.41, 5.74) is 3.82. The number of hydrogen-bond donors (Lipinski definition) is 2. The van der Waals surface area contributed by atoms with E-state index < -0.39 is 16.1 Å². The van der Waals surface area contributed by atoms with E-state index >= 15 is 0 Å². The molecule has 2 aromatic carbocycles. The molecule has 0 saturated carbocycles. The fourth-order valence-electron chi connectivity index (χ4n) is 4.73. The largest absolute Gasteiger partial charge is 0.350 e. The van der Waals surface area contributed by atoms with E-state index in [4.69, 9.17) is 4.52 Å². The van der Waals surface area contributed by atoms with Crippen LogP contribution in [-0.2, 0) is 26.2 Å². The van der Waals surface area contributed by atoms with Gasteiger partial charge in [0, 0.05) is 30.3 Å². The maximum absolute atomic E-state index is 13.5. The van der Waals surface area contributed by atoms with Gasteiger partial charge >= 0.3 is 0 Å². The number of amides is 2. The lowest BCUT2D eigenvalue weighted by Crippen LogP contribution is -2.52. The van der Waals surface area contributed by atoms with Gasteiger partial charge in [-0.2, -0.15) is 0 Å². The average molecular weight is 604 g/mol. The molecule has 11 heteroatoms. The van der Waals surface area contributed by atoms with Gasteiger partial charge in [-0.1, -0.05) is 68.4 Å². The monoisotopic (exact) mass is 603 g/mol. The van der Waals surface area contributed by atoms with Crippen LogP contribution in [-0.4, -0.2) is 36.4 Å². The maximum Gasteiger partial charge on any atom is 0.264 e. The molecule has 2 aromatic heterocycles. The first-order valence-corrected chi connectivity index (χ1v) is 15.7. The number of hydrogen-bond acceptors (Lipinski definition) is 7. The molecule has 0 spiro atoms. The Hall–Kier alpha value is -4.51. The van der Waals surface area contributed by atoms with Crippen LogP contribution in [0.15, 0.2) is 82.5 Å². The lowest BCUT2D eigenvalue weighted by Gasteiger charge is -2.33. The topological polar surface area (TPSA) is 134 Å². The summed E-state index contributed by atoms with van der Waals surface area (Å²) in [6, 6.07) is 16.8. The van der Waals surface area contributed by atoms with Crippen molar-refractivity contribution in [1.29, 1.82) is 0 Å². The van der Waals surface area contributed by atoms with E-state index in [2.05, 4.69) is 20.2 Å². The number of sulfonamides is 1. The Morgan fingerprint density at radius 1 is 1.00 bits per heavy atom. The Bertz CT molecular complexity index is 1670. The van der Waals surface area contributed by atoms with Crippen molar-refractivity contribution in [2.45, 2.75) is 64.9 Å². The van der Waals surface area contributed by atoms with Gasteiger partial charge in [0.05, 0.1) is 22.5 Å². The Morgan fingerprint density at radius 3 is 2.33 bits per heavy atom. The van der Waals surface area contributed by atoms with Crippen LogP contribution in [0.4, 0.5) is 11.6 Å². The van der Waals surface area contributed by atoms with Gasteiger partial charge in [0.25, 0.3) is 10.0 Å². The number of carbonyl (C=O) groups excluding carboxylic acids is 2. The van der Waals surface area contributed by atoms with Gasteiger partial charge in [-0.15, -0.1) is 0 Å². The summed E-state index contributed by atoms with van der Waals surface area (Å²) >= 11 is 0. The number of nitrogens with one attached hydrogen (secondary N) is 2. The summed E-state index contributed by atoms with van der Waals surface area (Å²) in [7, 11) is -3.97. The minimum absolute atomic E-state index is 0.0802. The number of aromatic nitrogens is 2. The van der Waals surface area contributed by atoms with Gasteiger partial charge < -0.3 is 9.84 Å². The molecule has 226 valence electrons. The molecule has 1 atom stereocenters. The molecule has 43 heavy (non-hydrogen) atoms. The van der Waals surface area contributed by atoms with Crippen LogP contribution in [0.25, 0.3) is 11.1 Å². The molecule has 0 aliphatic rings. The summed E-state index contributed by atoms with van der Waals surface area (Å²) in [4.78, 5) is 32.4. The predicted molar refractivity (Wildman–Crippen MR) is 166 cm³/mol. The first kappa shape index (κ1) is 31.4. The molecule has 2 heterocycles. The third-order valence-electron chi connectivity index (χ3n) is 7.13. The second kappa shape index (κ2) is 13.6. The Labute approximate surface area is 252 Å². The quantitative estimate of drug-likeness (QED) is 0.214. The minimum atomic E-state index is -3.97. The lowest BCUT2D eigenvalue weighted by molar-refractivity contribution is -0.127. The average Bonchev–Trinajstić information content (AvgIpc) is 3.30. The molecule has 0 unspecified atom stereocenters. The molecular formula is C32H37N5O5S. The van der Waals surface area contributed by atoms with E-state index in [0.717, 1.165) is 5.56 Å². The second-order valence-corrected chi connectivity index (χ2v) is 12.3. The first-order chi connectivity index (χ1) is 20.5. The van der Waals surface area contributed by atoms with E-state index in [1.807, 2.05) is 45.0 Å². The zero-order valence-corrected chi connectivity index (χ0v) is 25.8. The van der Waals surface area contributed by atoms with Crippen molar-refractivity contribution in [2.75, 3.05) is 9.62 Å². The number of aryl methyl sites for hydroxylation is 1. The molecule has 0 aliphatic carbocycles. The smallest absolute Gasteiger partial charge is 0.264 e. The van der Waals surface area contributed by atoms with E-state index in [-0.39, 0.29) is 35.1 Å². The zero-order chi connectivity index (χ0) is 31.1. The van der Waals surface area contributed by atoms with Gasteiger partial charge in [0.15, 0.2) is 0 Å². The highest BCUT2D eigenvalue weighted by molar-refractivity contribution is 7.92. The van der Waals surface area contributed by atoms with E-state index in [1.54, 1.807) is 61.5 Å². The predicted octanol–water partition coefficient (Wildman–Crippen LogP) is 5.63. The second-order valence-electron chi connectivity index (χ2n) is 10.7. The molecule has 0 fully saturated rings. The van der Waals surface area contributed by atoms with Crippen molar-refractivity contribution in [3.63, 3.8) is 0 Å². The summed E-state index contributed by atoms with van der Waals surface area (Å²) in [5, 5.41) is 6.80. The van der Waals surface area contributed by atoms with Crippen LogP contribution in [0.5, 0.6) is 0 Å². The minimum Gasteiger partial charge on any atom is -0.350 e. The van der Waals surface area contributed by atoms with Crippen molar-refractivity contribution >= 4 is 33.4 Å². The van der Waals surface area contributed by atoms with Gasteiger partial charge in [0.2, 0.25) is 17.7 Å². The van der Waals surface area contributed by atoms with E-state index in [1.165, 1.54) is 6.07 Å². The molecule has 0 saturated heterocycles. The molecule has 10 nitrogen and oxygen atoms in total. The number of carbonyl (C=O) groups is 2. The Balaban J connectivity index is 1.52. The summed E-state index contributed by atoms with van der Waals surface area (Å²) in [6.45, 7) is 9.45. The fraction of sp³-hybridized carbons (Fsp3) is 0.312. The Morgan fingerprint density at radius 2 is 1.72 bits per heavy atom. The van der Waals surface area contributed by atoms with Crippen LogP contribution in [0.3, 0.4) is 0 Å². The molecule has 0 radical (unpaired) electrons. The van der Waals surface area contributed by atoms with Crippen molar-refractivity contribution in [3.05, 3.63) is 89.9 Å². The summed E-state index contributed by atoms with van der Waals surface area (Å²) in [5.74, 6) is -0.477. The third kappa shape index (κ3) is 7.29.